The Morgan fingerprint density at radius 3 is 2.72 bits per heavy atom. The minimum Gasteiger partial charge on any atom is -0.373 e. The zero-order valence-corrected chi connectivity index (χ0v) is 11.5. The highest BCUT2D eigenvalue weighted by Crippen LogP contribution is 2.39. The van der Waals surface area contributed by atoms with Crippen molar-refractivity contribution in [2.24, 2.45) is 5.41 Å². The number of sulfonamides is 1. The zero-order chi connectivity index (χ0) is 13.2. The van der Waals surface area contributed by atoms with Crippen LogP contribution in [0.2, 0.25) is 0 Å². The van der Waals surface area contributed by atoms with Crippen LogP contribution in [0.1, 0.15) is 26.2 Å². The average Bonchev–Trinajstić information content (AvgIpc) is 2.34. The summed E-state index contributed by atoms with van der Waals surface area (Å²) in [7, 11) is -1.72. The number of hydrogen-bond acceptors (Lipinski definition) is 4. The molecule has 0 amide bonds. The second kappa shape index (κ2) is 4.85. The summed E-state index contributed by atoms with van der Waals surface area (Å²) in [6.45, 7) is 2.62. The maximum absolute atomic E-state index is 12.1. The van der Waals surface area contributed by atoms with E-state index in [-0.39, 0.29) is 10.3 Å². The van der Waals surface area contributed by atoms with Gasteiger partial charge in [-0.15, -0.1) is 0 Å². The Morgan fingerprint density at radius 2 is 2.17 bits per heavy atom. The number of aromatic nitrogens is 1. The van der Waals surface area contributed by atoms with Crippen LogP contribution in [-0.4, -0.2) is 27.0 Å². The van der Waals surface area contributed by atoms with E-state index in [9.17, 15) is 8.42 Å². The standard InChI is InChI=1S/C12H19N3O2S/c1-12(5-3-6-12)9-15-18(16,17)10-4-7-14-11(8-10)13-2/h4,7-8,15H,3,5-6,9H2,1-2H3,(H,13,14). The second-order valence-electron chi connectivity index (χ2n) is 5.12. The van der Waals surface area contributed by atoms with Gasteiger partial charge in [-0.2, -0.15) is 0 Å². The fraction of sp³-hybridized carbons (Fsp3) is 0.583. The van der Waals surface area contributed by atoms with Crippen molar-refractivity contribution in [2.75, 3.05) is 18.9 Å². The summed E-state index contributed by atoms with van der Waals surface area (Å²) >= 11 is 0. The third-order valence-electron chi connectivity index (χ3n) is 3.55. The van der Waals surface area contributed by atoms with Gasteiger partial charge in [-0.25, -0.2) is 18.1 Å². The van der Waals surface area contributed by atoms with Crippen molar-refractivity contribution in [1.82, 2.24) is 9.71 Å². The van der Waals surface area contributed by atoms with Gasteiger partial charge in [0.2, 0.25) is 10.0 Å². The SMILES string of the molecule is CNc1cc(S(=O)(=O)NCC2(C)CCC2)ccn1. The van der Waals surface area contributed by atoms with E-state index in [1.165, 1.54) is 24.8 Å². The van der Waals surface area contributed by atoms with Gasteiger partial charge in [0.15, 0.2) is 0 Å². The first-order chi connectivity index (χ1) is 8.45. The van der Waals surface area contributed by atoms with E-state index in [0.717, 1.165) is 12.8 Å². The number of rotatable bonds is 5. The van der Waals surface area contributed by atoms with Crippen molar-refractivity contribution in [3.63, 3.8) is 0 Å². The van der Waals surface area contributed by atoms with Gasteiger partial charge in [0.05, 0.1) is 4.90 Å². The van der Waals surface area contributed by atoms with Crippen molar-refractivity contribution in [3.8, 4) is 0 Å². The van der Waals surface area contributed by atoms with Crippen LogP contribution in [0.15, 0.2) is 23.2 Å². The highest BCUT2D eigenvalue weighted by atomic mass is 32.2. The summed E-state index contributed by atoms with van der Waals surface area (Å²) in [6, 6.07) is 3.04. The molecule has 5 nitrogen and oxygen atoms in total. The molecular formula is C12H19N3O2S. The molecule has 0 bridgehead atoms. The lowest BCUT2D eigenvalue weighted by atomic mass is 9.71. The number of pyridine rings is 1. The molecular weight excluding hydrogens is 250 g/mol. The lowest BCUT2D eigenvalue weighted by Gasteiger charge is -2.38. The first-order valence-corrected chi connectivity index (χ1v) is 7.57. The van der Waals surface area contributed by atoms with Crippen LogP contribution in [0.5, 0.6) is 0 Å². The highest BCUT2D eigenvalue weighted by molar-refractivity contribution is 7.89. The van der Waals surface area contributed by atoms with Gasteiger partial charge in [-0.3, -0.25) is 0 Å². The van der Waals surface area contributed by atoms with Crippen molar-refractivity contribution in [1.29, 1.82) is 0 Å². The minimum atomic E-state index is -3.43. The Hall–Kier alpha value is -1.14. The van der Waals surface area contributed by atoms with E-state index in [1.54, 1.807) is 7.05 Å². The van der Waals surface area contributed by atoms with Crippen LogP contribution in [0.4, 0.5) is 5.82 Å². The van der Waals surface area contributed by atoms with Crippen molar-refractivity contribution >= 4 is 15.8 Å². The quantitative estimate of drug-likeness (QED) is 0.851. The van der Waals surface area contributed by atoms with Crippen LogP contribution < -0.4 is 10.0 Å². The van der Waals surface area contributed by atoms with Crippen molar-refractivity contribution < 1.29 is 8.42 Å². The minimum absolute atomic E-state index is 0.131. The molecule has 1 aromatic rings. The van der Waals surface area contributed by atoms with Crippen LogP contribution >= 0.6 is 0 Å². The lowest BCUT2D eigenvalue weighted by molar-refractivity contribution is 0.166. The summed E-state index contributed by atoms with van der Waals surface area (Å²) in [4.78, 5) is 4.26. The average molecular weight is 269 g/mol. The van der Waals surface area contributed by atoms with Crippen LogP contribution in [0, 0.1) is 5.41 Å². The molecule has 6 heteroatoms. The Balaban J connectivity index is 2.09. The van der Waals surface area contributed by atoms with E-state index >= 15 is 0 Å². The van der Waals surface area contributed by atoms with Crippen molar-refractivity contribution in [3.05, 3.63) is 18.3 Å². The number of hydrogen-bond donors (Lipinski definition) is 2. The third-order valence-corrected chi connectivity index (χ3v) is 4.95. The first-order valence-electron chi connectivity index (χ1n) is 6.09. The van der Waals surface area contributed by atoms with Crippen molar-refractivity contribution in [2.45, 2.75) is 31.1 Å². The van der Waals surface area contributed by atoms with Crippen LogP contribution in [0.25, 0.3) is 0 Å². The molecule has 0 saturated heterocycles. The smallest absolute Gasteiger partial charge is 0.240 e. The summed E-state index contributed by atoms with van der Waals surface area (Å²) < 4.78 is 26.9. The number of nitrogens with one attached hydrogen (secondary N) is 2. The molecule has 2 rings (SSSR count). The Bertz CT molecular complexity index is 524. The predicted molar refractivity (Wildman–Crippen MR) is 70.9 cm³/mol. The maximum atomic E-state index is 12.1. The maximum Gasteiger partial charge on any atom is 0.240 e. The van der Waals surface area contributed by atoms with Crippen LogP contribution in [-0.2, 0) is 10.0 Å². The molecule has 0 spiro atoms. The number of anilines is 1. The molecule has 18 heavy (non-hydrogen) atoms. The topological polar surface area (TPSA) is 71.1 Å². The molecule has 1 saturated carbocycles. The highest BCUT2D eigenvalue weighted by Gasteiger charge is 2.33. The number of nitrogens with zero attached hydrogens (tertiary/aromatic N) is 1. The van der Waals surface area contributed by atoms with Gasteiger partial charge in [-0.1, -0.05) is 13.3 Å². The molecule has 1 aromatic heterocycles. The Morgan fingerprint density at radius 1 is 1.44 bits per heavy atom. The monoisotopic (exact) mass is 269 g/mol. The Labute approximate surface area is 108 Å². The van der Waals surface area contributed by atoms with Gasteiger partial charge in [-0.05, 0) is 24.3 Å². The molecule has 1 aliphatic carbocycles. The van der Waals surface area contributed by atoms with E-state index in [0.29, 0.717) is 12.4 Å². The summed E-state index contributed by atoms with van der Waals surface area (Å²) in [5, 5.41) is 2.83. The van der Waals surface area contributed by atoms with Gasteiger partial charge in [0.1, 0.15) is 5.82 Å². The molecule has 0 aliphatic heterocycles. The van der Waals surface area contributed by atoms with E-state index in [1.807, 2.05) is 0 Å². The molecule has 0 atom stereocenters. The summed E-state index contributed by atoms with van der Waals surface area (Å²) in [5.74, 6) is 0.549. The largest absolute Gasteiger partial charge is 0.373 e. The Kier molecular flexibility index (Phi) is 3.59. The molecule has 1 fully saturated rings. The molecule has 0 aromatic carbocycles. The van der Waals surface area contributed by atoms with Gasteiger partial charge < -0.3 is 5.32 Å². The zero-order valence-electron chi connectivity index (χ0n) is 10.7. The fourth-order valence-electron chi connectivity index (χ4n) is 2.02. The van der Waals surface area contributed by atoms with E-state index in [2.05, 4.69) is 21.9 Å². The third kappa shape index (κ3) is 2.81. The summed E-state index contributed by atoms with van der Waals surface area (Å²) in [5.41, 5.74) is 0.131. The molecule has 0 radical (unpaired) electrons. The fourth-order valence-corrected chi connectivity index (χ4v) is 3.24. The van der Waals surface area contributed by atoms with E-state index < -0.39 is 10.0 Å². The second-order valence-corrected chi connectivity index (χ2v) is 6.88. The molecule has 1 aliphatic rings. The molecule has 2 N–H and O–H groups in total. The molecule has 100 valence electrons. The lowest BCUT2D eigenvalue weighted by Crippen LogP contribution is -2.39. The normalized spacial score (nSPS) is 18.1. The van der Waals surface area contributed by atoms with Crippen LogP contribution in [0.3, 0.4) is 0 Å². The molecule has 1 heterocycles. The van der Waals surface area contributed by atoms with Gasteiger partial charge in [0.25, 0.3) is 0 Å². The van der Waals surface area contributed by atoms with Gasteiger partial charge in [0, 0.05) is 25.9 Å². The first kappa shape index (κ1) is 13.3. The predicted octanol–water partition coefficient (Wildman–Crippen LogP) is 1.59. The van der Waals surface area contributed by atoms with Gasteiger partial charge >= 0.3 is 0 Å². The van der Waals surface area contributed by atoms with E-state index in [4.69, 9.17) is 0 Å². The summed E-state index contributed by atoms with van der Waals surface area (Å²) in [6.07, 6.45) is 4.87. The molecule has 0 unspecified atom stereocenters.